The number of fused-ring (bicyclic) bond motifs is 1. The maximum Gasteiger partial charge on any atom is 0.275 e. The molecule has 6 heteroatoms. The number of H-pyrrole nitrogens is 1. The number of aromatic nitrogens is 4. The van der Waals surface area contributed by atoms with E-state index in [2.05, 4.69) is 15.1 Å². The standard InChI is InChI=1S/C6H7N5O/c1-11-4-3(5(12)10-11)2-8-6(7)9-4/h2H,1H3,(H,10,12)(H2,7,8,9). The Balaban J connectivity index is 3.00. The summed E-state index contributed by atoms with van der Waals surface area (Å²) in [6, 6.07) is 0. The Kier molecular flexibility index (Phi) is 1.18. The van der Waals surface area contributed by atoms with Crippen LogP contribution in [0.25, 0.3) is 11.0 Å². The van der Waals surface area contributed by atoms with Gasteiger partial charge < -0.3 is 5.73 Å². The van der Waals surface area contributed by atoms with Crippen LogP contribution in [-0.2, 0) is 7.05 Å². The summed E-state index contributed by atoms with van der Waals surface area (Å²) >= 11 is 0. The highest BCUT2D eigenvalue weighted by Gasteiger charge is 2.04. The fourth-order valence-corrected chi connectivity index (χ4v) is 1.07. The number of nitrogens with one attached hydrogen (secondary N) is 1. The summed E-state index contributed by atoms with van der Waals surface area (Å²) < 4.78 is 1.51. The van der Waals surface area contributed by atoms with Crippen molar-refractivity contribution in [3.05, 3.63) is 16.6 Å². The number of aryl methyl sites for hydroxylation is 1. The van der Waals surface area contributed by atoms with Crippen LogP contribution in [0.3, 0.4) is 0 Å². The van der Waals surface area contributed by atoms with E-state index in [1.54, 1.807) is 7.05 Å². The zero-order chi connectivity index (χ0) is 8.72. The molecule has 0 aliphatic rings. The van der Waals surface area contributed by atoms with Gasteiger partial charge in [0.1, 0.15) is 5.39 Å². The molecule has 0 saturated carbocycles. The Labute approximate surface area is 67.0 Å². The Bertz CT molecular complexity index is 482. The lowest BCUT2D eigenvalue weighted by molar-refractivity contribution is 0.774. The van der Waals surface area contributed by atoms with Gasteiger partial charge in [0.05, 0.1) is 0 Å². The highest BCUT2D eigenvalue weighted by Crippen LogP contribution is 2.03. The van der Waals surface area contributed by atoms with Crippen molar-refractivity contribution in [3.63, 3.8) is 0 Å². The Hall–Kier alpha value is -1.85. The molecule has 0 bridgehead atoms. The quantitative estimate of drug-likeness (QED) is 0.536. The molecule has 12 heavy (non-hydrogen) atoms. The number of anilines is 1. The molecule has 0 fully saturated rings. The molecule has 2 rings (SSSR count). The predicted molar refractivity (Wildman–Crippen MR) is 43.5 cm³/mol. The molecule has 3 N–H and O–H groups in total. The topological polar surface area (TPSA) is 89.6 Å². The lowest BCUT2D eigenvalue weighted by atomic mass is 10.4. The molecule has 2 aromatic heterocycles. The van der Waals surface area contributed by atoms with Gasteiger partial charge in [-0.05, 0) is 0 Å². The monoisotopic (exact) mass is 165 g/mol. The molecule has 0 aliphatic carbocycles. The van der Waals surface area contributed by atoms with Gasteiger partial charge in [0.25, 0.3) is 5.56 Å². The van der Waals surface area contributed by atoms with Crippen molar-refractivity contribution in [1.29, 1.82) is 0 Å². The second-order valence-corrected chi connectivity index (χ2v) is 2.47. The van der Waals surface area contributed by atoms with Crippen LogP contribution in [0.2, 0.25) is 0 Å². The minimum Gasteiger partial charge on any atom is -0.368 e. The summed E-state index contributed by atoms with van der Waals surface area (Å²) in [5, 5.41) is 3.00. The molecule has 0 spiro atoms. The fourth-order valence-electron chi connectivity index (χ4n) is 1.07. The average molecular weight is 165 g/mol. The minimum absolute atomic E-state index is 0.164. The zero-order valence-electron chi connectivity index (χ0n) is 6.40. The van der Waals surface area contributed by atoms with E-state index < -0.39 is 0 Å². The number of aromatic amines is 1. The van der Waals surface area contributed by atoms with Gasteiger partial charge in [-0.25, -0.2) is 4.98 Å². The summed E-state index contributed by atoms with van der Waals surface area (Å²) in [6.07, 6.45) is 1.41. The van der Waals surface area contributed by atoms with Gasteiger partial charge in [-0.3, -0.25) is 14.6 Å². The van der Waals surface area contributed by atoms with Crippen molar-refractivity contribution in [3.8, 4) is 0 Å². The van der Waals surface area contributed by atoms with Crippen LogP contribution in [0, 0.1) is 0 Å². The summed E-state index contributed by atoms with van der Waals surface area (Å²) in [4.78, 5) is 18.7. The minimum atomic E-state index is -0.201. The van der Waals surface area contributed by atoms with Crippen molar-refractivity contribution < 1.29 is 0 Å². The molecule has 0 aromatic carbocycles. The van der Waals surface area contributed by atoms with Gasteiger partial charge in [0, 0.05) is 13.2 Å². The van der Waals surface area contributed by atoms with Crippen LogP contribution in [0.4, 0.5) is 5.95 Å². The second-order valence-electron chi connectivity index (χ2n) is 2.47. The number of rotatable bonds is 0. The maximum atomic E-state index is 11.1. The number of nitrogens with zero attached hydrogens (tertiary/aromatic N) is 3. The third kappa shape index (κ3) is 0.777. The van der Waals surface area contributed by atoms with Crippen molar-refractivity contribution in [2.45, 2.75) is 0 Å². The van der Waals surface area contributed by atoms with Gasteiger partial charge in [-0.15, -0.1) is 0 Å². The first-order chi connectivity index (χ1) is 5.68. The van der Waals surface area contributed by atoms with Crippen LogP contribution in [0.5, 0.6) is 0 Å². The van der Waals surface area contributed by atoms with Crippen molar-refractivity contribution in [1.82, 2.24) is 19.7 Å². The second kappa shape index (κ2) is 2.07. The molecular weight excluding hydrogens is 158 g/mol. The summed E-state index contributed by atoms with van der Waals surface area (Å²) in [7, 11) is 1.69. The summed E-state index contributed by atoms with van der Waals surface area (Å²) in [5.74, 6) is 0.164. The molecule has 6 nitrogen and oxygen atoms in total. The number of nitrogens with two attached hydrogens (primary N) is 1. The third-order valence-electron chi connectivity index (χ3n) is 1.62. The molecule has 0 radical (unpaired) electrons. The van der Waals surface area contributed by atoms with Crippen molar-refractivity contribution in [2.75, 3.05) is 5.73 Å². The zero-order valence-corrected chi connectivity index (χ0v) is 6.40. The van der Waals surface area contributed by atoms with Gasteiger partial charge in [-0.2, -0.15) is 4.98 Å². The third-order valence-corrected chi connectivity index (χ3v) is 1.62. The normalized spacial score (nSPS) is 10.8. The Morgan fingerprint density at radius 3 is 3.17 bits per heavy atom. The molecule has 2 aromatic rings. The van der Waals surface area contributed by atoms with E-state index in [0.29, 0.717) is 11.0 Å². The van der Waals surface area contributed by atoms with E-state index in [1.165, 1.54) is 10.9 Å². The number of nitrogen functional groups attached to an aromatic ring is 1. The number of hydrogen-bond acceptors (Lipinski definition) is 4. The van der Waals surface area contributed by atoms with Crippen LogP contribution in [0.15, 0.2) is 11.0 Å². The van der Waals surface area contributed by atoms with Crippen LogP contribution >= 0.6 is 0 Å². The highest BCUT2D eigenvalue weighted by atomic mass is 16.1. The first-order valence-electron chi connectivity index (χ1n) is 3.35. The summed E-state index contributed by atoms with van der Waals surface area (Å²) in [5.41, 5.74) is 5.67. The molecule has 0 aliphatic heterocycles. The van der Waals surface area contributed by atoms with Crippen LogP contribution in [-0.4, -0.2) is 19.7 Å². The largest absolute Gasteiger partial charge is 0.368 e. The molecular formula is C6H7N5O. The predicted octanol–water partition coefficient (Wildman–Crippen LogP) is -0.761. The Morgan fingerprint density at radius 2 is 2.42 bits per heavy atom. The van der Waals surface area contributed by atoms with E-state index in [0.717, 1.165) is 0 Å². The van der Waals surface area contributed by atoms with Gasteiger partial charge in [0.2, 0.25) is 5.95 Å². The SMILES string of the molecule is Cn1[nH]c(=O)c2cnc(N)nc21. The smallest absolute Gasteiger partial charge is 0.275 e. The van der Waals surface area contributed by atoms with Crippen molar-refractivity contribution >= 4 is 17.0 Å². The van der Waals surface area contributed by atoms with Gasteiger partial charge in [0.15, 0.2) is 5.65 Å². The first kappa shape index (κ1) is 6.84. The average Bonchev–Trinajstić information content (AvgIpc) is 2.28. The lowest BCUT2D eigenvalue weighted by Gasteiger charge is -1.92. The lowest BCUT2D eigenvalue weighted by Crippen LogP contribution is -2.01. The van der Waals surface area contributed by atoms with E-state index in [4.69, 9.17) is 5.73 Å². The van der Waals surface area contributed by atoms with E-state index >= 15 is 0 Å². The van der Waals surface area contributed by atoms with E-state index in [1.807, 2.05) is 0 Å². The van der Waals surface area contributed by atoms with Crippen LogP contribution in [0.1, 0.15) is 0 Å². The molecule has 0 amide bonds. The fraction of sp³-hybridized carbons (Fsp3) is 0.167. The number of hydrogen-bond donors (Lipinski definition) is 2. The van der Waals surface area contributed by atoms with E-state index in [9.17, 15) is 4.79 Å². The molecule has 0 atom stereocenters. The first-order valence-corrected chi connectivity index (χ1v) is 3.35. The van der Waals surface area contributed by atoms with Gasteiger partial charge in [-0.1, -0.05) is 0 Å². The molecule has 2 heterocycles. The Morgan fingerprint density at radius 1 is 1.67 bits per heavy atom. The van der Waals surface area contributed by atoms with E-state index in [-0.39, 0.29) is 11.5 Å². The molecule has 62 valence electrons. The molecule has 0 unspecified atom stereocenters. The van der Waals surface area contributed by atoms with Crippen molar-refractivity contribution in [2.24, 2.45) is 7.05 Å². The van der Waals surface area contributed by atoms with Gasteiger partial charge >= 0.3 is 0 Å². The highest BCUT2D eigenvalue weighted by molar-refractivity contribution is 5.73. The summed E-state index contributed by atoms with van der Waals surface area (Å²) in [6.45, 7) is 0. The van der Waals surface area contributed by atoms with Crippen LogP contribution < -0.4 is 11.3 Å². The molecule has 0 saturated heterocycles. The maximum absolute atomic E-state index is 11.1.